The van der Waals surface area contributed by atoms with Crippen molar-refractivity contribution in [3.05, 3.63) is 218 Å². The second kappa shape index (κ2) is 12.9. The second-order valence-electron chi connectivity index (χ2n) is 15.4. The summed E-state index contributed by atoms with van der Waals surface area (Å²) in [6, 6.07) is 80.2. The molecule has 0 saturated carbocycles. The van der Waals surface area contributed by atoms with Crippen LogP contribution in [0.5, 0.6) is 0 Å². The Bertz CT molecular complexity index is 3460. The highest BCUT2D eigenvalue weighted by Crippen LogP contribution is 2.44. The third-order valence-electron chi connectivity index (χ3n) is 12.1. The van der Waals surface area contributed by atoms with Crippen LogP contribution in [-0.4, -0.2) is 4.57 Å². The van der Waals surface area contributed by atoms with E-state index in [9.17, 15) is 0 Å². The van der Waals surface area contributed by atoms with E-state index < -0.39 is 0 Å². The SMILES string of the molecule is c1ccc(-n2c3cc4ccccc4cc3c3c(-c4cccc(N(c5ccc6c(ccc7ccccc76)c5)c5ccc6c(ccc7ccccc76)c5)c4)cccc32)cc1. The zero-order chi connectivity index (χ0) is 38.2. The van der Waals surface area contributed by atoms with Gasteiger partial charge in [0.25, 0.3) is 0 Å². The summed E-state index contributed by atoms with van der Waals surface area (Å²) in [5.41, 5.74) is 9.28. The van der Waals surface area contributed by atoms with Crippen molar-refractivity contribution in [1.82, 2.24) is 4.57 Å². The third kappa shape index (κ3) is 5.12. The van der Waals surface area contributed by atoms with E-state index in [-0.39, 0.29) is 0 Å². The maximum Gasteiger partial charge on any atom is 0.0547 e. The first kappa shape index (κ1) is 32.6. The number of rotatable bonds is 5. The van der Waals surface area contributed by atoms with Gasteiger partial charge in [0, 0.05) is 33.5 Å². The molecule has 1 aromatic heterocycles. The zero-order valence-electron chi connectivity index (χ0n) is 31.7. The molecule has 0 N–H and O–H groups in total. The predicted octanol–water partition coefficient (Wildman–Crippen LogP) is 15.7. The molecule has 0 saturated heterocycles. The summed E-state index contributed by atoms with van der Waals surface area (Å²) in [5, 5.41) is 15.0. The molecule has 0 bridgehead atoms. The summed E-state index contributed by atoms with van der Waals surface area (Å²) in [4.78, 5) is 2.42. The van der Waals surface area contributed by atoms with Crippen LogP contribution in [0.4, 0.5) is 17.1 Å². The van der Waals surface area contributed by atoms with Gasteiger partial charge in [-0.3, -0.25) is 0 Å². The summed E-state index contributed by atoms with van der Waals surface area (Å²) in [5.74, 6) is 0. The Balaban J connectivity index is 1.09. The van der Waals surface area contributed by atoms with E-state index in [1.54, 1.807) is 0 Å². The van der Waals surface area contributed by atoms with Gasteiger partial charge in [-0.05, 0) is 132 Å². The van der Waals surface area contributed by atoms with Crippen LogP contribution in [0.15, 0.2) is 218 Å². The van der Waals surface area contributed by atoms with E-state index in [0.717, 1.165) is 22.7 Å². The summed E-state index contributed by atoms with van der Waals surface area (Å²) >= 11 is 0. The largest absolute Gasteiger partial charge is 0.310 e. The Hall–Kier alpha value is -7.68. The summed E-state index contributed by atoms with van der Waals surface area (Å²) < 4.78 is 2.42. The van der Waals surface area contributed by atoms with Gasteiger partial charge in [0.2, 0.25) is 0 Å². The topological polar surface area (TPSA) is 8.17 Å². The lowest BCUT2D eigenvalue weighted by molar-refractivity contribution is 1.18. The summed E-state index contributed by atoms with van der Waals surface area (Å²) in [6.07, 6.45) is 0. The van der Waals surface area contributed by atoms with Crippen LogP contribution in [0.3, 0.4) is 0 Å². The molecule has 270 valence electrons. The minimum absolute atomic E-state index is 1.10. The van der Waals surface area contributed by atoms with Gasteiger partial charge in [0.15, 0.2) is 0 Å². The average Bonchev–Trinajstić information content (AvgIpc) is 3.61. The maximum absolute atomic E-state index is 2.42. The minimum atomic E-state index is 1.10. The molecule has 0 aliphatic heterocycles. The Labute approximate surface area is 336 Å². The number of benzene rings is 11. The van der Waals surface area contributed by atoms with Gasteiger partial charge >= 0.3 is 0 Å². The van der Waals surface area contributed by atoms with Crippen molar-refractivity contribution in [2.24, 2.45) is 0 Å². The third-order valence-corrected chi connectivity index (χ3v) is 12.1. The van der Waals surface area contributed by atoms with Crippen LogP contribution in [0, 0.1) is 0 Å². The van der Waals surface area contributed by atoms with Crippen LogP contribution >= 0.6 is 0 Å². The molecule has 0 radical (unpaired) electrons. The summed E-state index contributed by atoms with van der Waals surface area (Å²) in [7, 11) is 0. The number of fused-ring (bicyclic) bond motifs is 10. The molecule has 58 heavy (non-hydrogen) atoms. The number of anilines is 3. The van der Waals surface area contributed by atoms with Gasteiger partial charge in [0.1, 0.15) is 0 Å². The van der Waals surface area contributed by atoms with Crippen molar-refractivity contribution < 1.29 is 0 Å². The molecule has 1 heterocycles. The zero-order valence-corrected chi connectivity index (χ0v) is 31.7. The monoisotopic (exact) mass is 736 g/mol. The molecular formula is C56H36N2. The molecule has 2 nitrogen and oxygen atoms in total. The van der Waals surface area contributed by atoms with Crippen LogP contribution in [0.1, 0.15) is 0 Å². The molecule has 0 fully saturated rings. The van der Waals surface area contributed by atoms with Crippen molar-refractivity contribution in [1.29, 1.82) is 0 Å². The van der Waals surface area contributed by atoms with Gasteiger partial charge in [-0.1, -0.05) is 152 Å². The van der Waals surface area contributed by atoms with Crippen molar-refractivity contribution >= 4 is 92.7 Å². The van der Waals surface area contributed by atoms with Gasteiger partial charge in [-0.25, -0.2) is 0 Å². The smallest absolute Gasteiger partial charge is 0.0547 e. The second-order valence-corrected chi connectivity index (χ2v) is 15.4. The number of hydrogen-bond donors (Lipinski definition) is 0. The molecule has 2 heteroatoms. The molecule has 12 aromatic rings. The van der Waals surface area contributed by atoms with Crippen LogP contribution in [-0.2, 0) is 0 Å². The maximum atomic E-state index is 2.42. The van der Waals surface area contributed by atoms with E-state index in [1.165, 1.54) is 86.8 Å². The highest BCUT2D eigenvalue weighted by Gasteiger charge is 2.20. The molecule has 0 atom stereocenters. The highest BCUT2D eigenvalue weighted by atomic mass is 15.1. The van der Waals surface area contributed by atoms with Crippen molar-refractivity contribution in [2.45, 2.75) is 0 Å². The highest BCUT2D eigenvalue weighted by molar-refractivity contribution is 6.19. The number of nitrogens with zero attached hydrogens (tertiary/aromatic N) is 2. The normalized spacial score (nSPS) is 11.8. The van der Waals surface area contributed by atoms with Gasteiger partial charge in [-0.15, -0.1) is 0 Å². The lowest BCUT2D eigenvalue weighted by Gasteiger charge is -2.27. The molecule has 0 aliphatic rings. The van der Waals surface area contributed by atoms with Gasteiger partial charge < -0.3 is 9.47 Å². The number of para-hydroxylation sites is 1. The molecular weight excluding hydrogens is 701 g/mol. The number of aromatic nitrogens is 1. The Morgan fingerprint density at radius 1 is 0.293 bits per heavy atom. The van der Waals surface area contributed by atoms with E-state index in [0.29, 0.717) is 0 Å². The van der Waals surface area contributed by atoms with Crippen LogP contribution in [0.25, 0.3) is 92.5 Å². The first-order valence-electron chi connectivity index (χ1n) is 20.0. The van der Waals surface area contributed by atoms with E-state index in [2.05, 4.69) is 228 Å². The quantitative estimate of drug-likeness (QED) is 0.160. The summed E-state index contributed by atoms with van der Waals surface area (Å²) in [6.45, 7) is 0. The fourth-order valence-electron chi connectivity index (χ4n) is 9.39. The average molecular weight is 737 g/mol. The minimum Gasteiger partial charge on any atom is -0.310 e. The van der Waals surface area contributed by atoms with Crippen LogP contribution < -0.4 is 4.90 Å². The lowest BCUT2D eigenvalue weighted by Crippen LogP contribution is -2.10. The fourth-order valence-corrected chi connectivity index (χ4v) is 9.39. The van der Waals surface area contributed by atoms with Crippen molar-refractivity contribution in [3.63, 3.8) is 0 Å². The Kier molecular flexibility index (Phi) is 7.26. The van der Waals surface area contributed by atoms with Crippen molar-refractivity contribution in [2.75, 3.05) is 4.90 Å². The molecule has 0 unspecified atom stereocenters. The van der Waals surface area contributed by atoms with Gasteiger partial charge in [-0.2, -0.15) is 0 Å². The first-order valence-corrected chi connectivity index (χ1v) is 20.0. The van der Waals surface area contributed by atoms with E-state index in [1.807, 2.05) is 0 Å². The van der Waals surface area contributed by atoms with Crippen molar-refractivity contribution in [3.8, 4) is 16.8 Å². The first-order chi connectivity index (χ1) is 28.7. The van der Waals surface area contributed by atoms with Crippen LogP contribution in [0.2, 0.25) is 0 Å². The standard InChI is InChI=1S/C56H36N2/c1-2-17-44(18-3-1)58-54-23-11-22-52(56(54)53-35-39-14-4-5-15-40(39)36-55(53)58)41-16-10-19-45(32-41)57(46-28-30-50-42(33-46)26-24-37-12-6-8-20-48(37)50)47-29-31-51-43(34-47)27-25-38-13-7-9-21-49(38)51/h1-36H. The Morgan fingerprint density at radius 2 is 0.828 bits per heavy atom. The number of hydrogen-bond acceptors (Lipinski definition) is 1. The van der Waals surface area contributed by atoms with Gasteiger partial charge in [0.05, 0.1) is 11.0 Å². The lowest BCUT2D eigenvalue weighted by atomic mass is 9.97. The van der Waals surface area contributed by atoms with E-state index >= 15 is 0 Å². The molecule has 0 amide bonds. The molecule has 0 spiro atoms. The molecule has 11 aromatic carbocycles. The Morgan fingerprint density at radius 3 is 1.50 bits per heavy atom. The molecule has 0 aliphatic carbocycles. The predicted molar refractivity (Wildman–Crippen MR) is 248 cm³/mol. The molecule has 12 rings (SSSR count). The fraction of sp³-hybridized carbons (Fsp3) is 0. The van der Waals surface area contributed by atoms with E-state index in [4.69, 9.17) is 0 Å².